The molecule has 1 aromatic rings. The average molecular weight is 376 g/mol. The Kier molecular flexibility index (Phi) is 6.96. The van der Waals surface area contributed by atoms with Crippen LogP contribution in [0.25, 0.3) is 0 Å². The molecule has 1 aromatic carbocycles. The summed E-state index contributed by atoms with van der Waals surface area (Å²) in [4.78, 5) is 41.7. The van der Waals surface area contributed by atoms with E-state index in [1.54, 1.807) is 36.3 Å². The van der Waals surface area contributed by atoms with Gasteiger partial charge in [0.2, 0.25) is 17.7 Å². The van der Waals surface area contributed by atoms with Crippen molar-refractivity contribution >= 4 is 17.7 Å². The number of carbonyl (C=O) groups is 3. The van der Waals surface area contributed by atoms with Gasteiger partial charge in [-0.1, -0.05) is 12.1 Å². The molecule has 0 N–H and O–H groups in total. The number of methoxy groups -OCH3 is 2. The maximum atomic E-state index is 13.3. The molecule has 27 heavy (non-hydrogen) atoms. The molecule has 0 spiro atoms. The molecule has 148 valence electrons. The Morgan fingerprint density at radius 1 is 1.22 bits per heavy atom. The number of benzene rings is 1. The first kappa shape index (κ1) is 20.9. The van der Waals surface area contributed by atoms with Gasteiger partial charge in [0, 0.05) is 33.0 Å². The first-order chi connectivity index (χ1) is 12.9. The van der Waals surface area contributed by atoms with E-state index in [1.807, 2.05) is 13.8 Å². The van der Waals surface area contributed by atoms with Crippen molar-refractivity contribution in [1.29, 1.82) is 0 Å². The van der Waals surface area contributed by atoms with Crippen LogP contribution in [0.2, 0.25) is 0 Å². The molecule has 0 unspecified atom stereocenters. The summed E-state index contributed by atoms with van der Waals surface area (Å²) >= 11 is 0. The minimum absolute atomic E-state index is 0.0320. The van der Waals surface area contributed by atoms with Crippen LogP contribution in [0.1, 0.15) is 32.3 Å². The zero-order valence-corrected chi connectivity index (χ0v) is 16.5. The third kappa shape index (κ3) is 4.13. The van der Waals surface area contributed by atoms with Crippen LogP contribution in [0, 0.1) is 0 Å². The van der Waals surface area contributed by atoms with Gasteiger partial charge in [-0.15, -0.1) is 0 Å². The first-order valence-corrected chi connectivity index (χ1v) is 9.19. The van der Waals surface area contributed by atoms with Crippen LogP contribution in [0.15, 0.2) is 24.3 Å². The minimum atomic E-state index is -1.21. The monoisotopic (exact) mass is 376 g/mol. The fourth-order valence-corrected chi connectivity index (χ4v) is 3.54. The number of nitrogens with zero attached hydrogens (tertiary/aromatic N) is 2. The van der Waals surface area contributed by atoms with Crippen molar-refractivity contribution in [2.45, 2.75) is 32.1 Å². The minimum Gasteiger partial charge on any atom is -0.497 e. The average Bonchev–Trinajstić information content (AvgIpc) is 2.91. The van der Waals surface area contributed by atoms with Gasteiger partial charge in [-0.25, -0.2) is 0 Å². The lowest BCUT2D eigenvalue weighted by molar-refractivity contribution is -0.143. The SMILES string of the molecule is CCN(CC)C(=O)C[C@@]1(c2cccc(OC)c2)CC(=O)N(CCOC)C1=O. The van der Waals surface area contributed by atoms with Gasteiger partial charge in [0.15, 0.2) is 0 Å². The molecule has 0 aromatic heterocycles. The van der Waals surface area contributed by atoms with E-state index >= 15 is 0 Å². The van der Waals surface area contributed by atoms with Crippen molar-refractivity contribution in [3.63, 3.8) is 0 Å². The molecule has 1 atom stereocenters. The van der Waals surface area contributed by atoms with E-state index in [4.69, 9.17) is 9.47 Å². The van der Waals surface area contributed by atoms with E-state index in [0.29, 0.717) is 24.4 Å². The number of hydrogen-bond donors (Lipinski definition) is 0. The molecule has 7 nitrogen and oxygen atoms in total. The highest BCUT2D eigenvalue weighted by Crippen LogP contribution is 2.41. The van der Waals surface area contributed by atoms with Crippen molar-refractivity contribution in [2.24, 2.45) is 0 Å². The summed E-state index contributed by atoms with van der Waals surface area (Å²) in [6, 6.07) is 7.06. The number of imide groups is 1. The highest BCUT2D eigenvalue weighted by Gasteiger charge is 2.54. The lowest BCUT2D eigenvalue weighted by Crippen LogP contribution is -2.44. The molecule has 0 aliphatic carbocycles. The summed E-state index contributed by atoms with van der Waals surface area (Å²) in [7, 11) is 3.06. The van der Waals surface area contributed by atoms with Gasteiger partial charge >= 0.3 is 0 Å². The van der Waals surface area contributed by atoms with Gasteiger partial charge in [0.05, 0.1) is 25.7 Å². The number of rotatable bonds is 9. The van der Waals surface area contributed by atoms with Crippen molar-refractivity contribution in [2.75, 3.05) is 40.5 Å². The predicted octanol–water partition coefficient (Wildman–Crippen LogP) is 1.60. The zero-order chi connectivity index (χ0) is 20.0. The summed E-state index contributed by atoms with van der Waals surface area (Å²) in [5.41, 5.74) is -0.584. The molecule has 0 saturated carbocycles. The number of amides is 3. The molecule has 0 bridgehead atoms. The summed E-state index contributed by atoms with van der Waals surface area (Å²) in [5, 5.41) is 0. The Labute approximate surface area is 160 Å². The van der Waals surface area contributed by atoms with Crippen LogP contribution in [0.3, 0.4) is 0 Å². The van der Waals surface area contributed by atoms with Gasteiger partial charge in [0.1, 0.15) is 5.75 Å². The number of hydrogen-bond acceptors (Lipinski definition) is 5. The summed E-state index contributed by atoms with van der Waals surface area (Å²) in [5.74, 6) is -0.194. The van der Waals surface area contributed by atoms with Crippen LogP contribution >= 0.6 is 0 Å². The van der Waals surface area contributed by atoms with Crippen LogP contribution in [-0.4, -0.2) is 68.0 Å². The Balaban J connectivity index is 2.47. The van der Waals surface area contributed by atoms with E-state index < -0.39 is 5.41 Å². The topological polar surface area (TPSA) is 76.2 Å². The zero-order valence-electron chi connectivity index (χ0n) is 16.5. The number of ether oxygens (including phenoxy) is 2. The molecule has 7 heteroatoms. The van der Waals surface area contributed by atoms with Crippen molar-refractivity contribution in [3.8, 4) is 5.75 Å². The molecule has 1 aliphatic heterocycles. The Morgan fingerprint density at radius 3 is 2.52 bits per heavy atom. The Bertz CT molecular complexity index is 701. The molecule has 1 aliphatic rings. The second-order valence-corrected chi connectivity index (χ2v) is 6.58. The second kappa shape index (κ2) is 8.99. The van der Waals surface area contributed by atoms with Crippen LogP contribution in [0.4, 0.5) is 0 Å². The molecule has 1 heterocycles. The second-order valence-electron chi connectivity index (χ2n) is 6.58. The lowest BCUT2D eigenvalue weighted by Gasteiger charge is -2.30. The lowest BCUT2D eigenvalue weighted by atomic mass is 9.75. The van der Waals surface area contributed by atoms with Crippen LogP contribution < -0.4 is 4.74 Å². The quantitative estimate of drug-likeness (QED) is 0.612. The van der Waals surface area contributed by atoms with Crippen LogP contribution in [0.5, 0.6) is 5.75 Å². The summed E-state index contributed by atoms with van der Waals surface area (Å²) < 4.78 is 10.3. The number of likely N-dealkylation sites (tertiary alicyclic amines) is 1. The summed E-state index contributed by atoms with van der Waals surface area (Å²) in [6.45, 7) is 5.34. The molecule has 2 rings (SSSR count). The molecule has 3 amide bonds. The fraction of sp³-hybridized carbons (Fsp3) is 0.550. The third-order valence-corrected chi connectivity index (χ3v) is 5.12. The van der Waals surface area contributed by atoms with Crippen molar-refractivity contribution in [3.05, 3.63) is 29.8 Å². The molecule has 1 saturated heterocycles. The van der Waals surface area contributed by atoms with E-state index in [0.717, 1.165) is 0 Å². The van der Waals surface area contributed by atoms with Crippen molar-refractivity contribution < 1.29 is 23.9 Å². The highest BCUT2D eigenvalue weighted by atomic mass is 16.5. The van der Waals surface area contributed by atoms with Gasteiger partial charge < -0.3 is 14.4 Å². The molecule has 1 fully saturated rings. The van der Waals surface area contributed by atoms with Crippen molar-refractivity contribution in [1.82, 2.24) is 9.80 Å². The van der Waals surface area contributed by atoms with E-state index in [2.05, 4.69) is 0 Å². The fourth-order valence-electron chi connectivity index (χ4n) is 3.54. The van der Waals surface area contributed by atoms with Gasteiger partial charge in [-0.3, -0.25) is 19.3 Å². The molecule has 0 radical (unpaired) electrons. The van der Waals surface area contributed by atoms with Gasteiger partial charge in [-0.05, 0) is 31.5 Å². The highest BCUT2D eigenvalue weighted by molar-refractivity contribution is 6.10. The predicted molar refractivity (Wildman–Crippen MR) is 100 cm³/mol. The first-order valence-electron chi connectivity index (χ1n) is 9.19. The smallest absolute Gasteiger partial charge is 0.240 e. The van der Waals surface area contributed by atoms with E-state index in [9.17, 15) is 14.4 Å². The largest absolute Gasteiger partial charge is 0.497 e. The normalized spacial score (nSPS) is 19.5. The van der Waals surface area contributed by atoms with Gasteiger partial charge in [-0.2, -0.15) is 0 Å². The number of carbonyl (C=O) groups excluding carboxylic acids is 3. The van der Waals surface area contributed by atoms with E-state index in [1.165, 1.54) is 12.0 Å². The maximum absolute atomic E-state index is 13.3. The maximum Gasteiger partial charge on any atom is 0.240 e. The Hall–Kier alpha value is -2.41. The van der Waals surface area contributed by atoms with Gasteiger partial charge in [0.25, 0.3) is 0 Å². The standard InChI is InChI=1S/C20H28N2O5/c1-5-21(6-2)17(23)13-20(15-8-7-9-16(12-15)27-4)14-18(24)22(19(20)25)10-11-26-3/h7-9,12H,5-6,10-11,13-14H2,1-4H3/t20-/m0/s1. The van der Waals surface area contributed by atoms with E-state index in [-0.39, 0.29) is 43.7 Å². The molecular formula is C20H28N2O5. The third-order valence-electron chi connectivity index (χ3n) is 5.12. The summed E-state index contributed by atoms with van der Waals surface area (Å²) in [6.07, 6.45) is -0.0778. The molecular weight excluding hydrogens is 348 g/mol. The Morgan fingerprint density at radius 2 is 1.93 bits per heavy atom. The van der Waals surface area contributed by atoms with Crippen LogP contribution in [-0.2, 0) is 24.5 Å².